The van der Waals surface area contributed by atoms with E-state index in [-0.39, 0.29) is 5.69 Å². The molecule has 96 valence electrons. The van der Waals surface area contributed by atoms with Crippen molar-refractivity contribution in [1.29, 1.82) is 0 Å². The molecule has 0 bridgehead atoms. The Morgan fingerprint density at radius 1 is 1.26 bits per heavy atom. The molecular formula is C12H10N4OS2. The van der Waals surface area contributed by atoms with Crippen LogP contribution in [0.3, 0.4) is 0 Å². The second-order valence-electron chi connectivity index (χ2n) is 3.87. The van der Waals surface area contributed by atoms with E-state index in [1.807, 2.05) is 41.2 Å². The van der Waals surface area contributed by atoms with Crippen molar-refractivity contribution in [1.82, 2.24) is 19.5 Å². The van der Waals surface area contributed by atoms with Gasteiger partial charge in [-0.05, 0) is 18.4 Å². The van der Waals surface area contributed by atoms with Gasteiger partial charge in [0.15, 0.2) is 5.16 Å². The minimum atomic E-state index is -0.331. The van der Waals surface area contributed by atoms with Crippen LogP contribution in [0.4, 0.5) is 0 Å². The van der Waals surface area contributed by atoms with Gasteiger partial charge in [-0.15, -0.1) is 0 Å². The van der Waals surface area contributed by atoms with Gasteiger partial charge in [0.25, 0.3) is 0 Å². The number of H-pyrrole nitrogens is 2. The number of aromatic amines is 2. The van der Waals surface area contributed by atoms with Crippen molar-refractivity contribution in [3.05, 3.63) is 45.5 Å². The lowest BCUT2D eigenvalue weighted by Crippen LogP contribution is -2.11. The van der Waals surface area contributed by atoms with E-state index in [1.54, 1.807) is 0 Å². The fourth-order valence-electron chi connectivity index (χ4n) is 1.93. The first kappa shape index (κ1) is 12.2. The summed E-state index contributed by atoms with van der Waals surface area (Å²) in [6, 6.07) is 9.73. The van der Waals surface area contributed by atoms with Crippen molar-refractivity contribution in [3.8, 4) is 5.69 Å². The third-order valence-electron chi connectivity index (χ3n) is 2.72. The predicted molar refractivity (Wildman–Crippen MR) is 78.7 cm³/mol. The lowest BCUT2D eigenvalue weighted by Gasteiger charge is -2.06. The van der Waals surface area contributed by atoms with Crippen molar-refractivity contribution < 1.29 is 0 Å². The zero-order valence-electron chi connectivity index (χ0n) is 10.0. The van der Waals surface area contributed by atoms with Gasteiger partial charge in [0, 0.05) is 5.69 Å². The van der Waals surface area contributed by atoms with Crippen molar-refractivity contribution in [2.75, 3.05) is 6.26 Å². The average molecular weight is 290 g/mol. The number of imidazole rings is 1. The largest absolute Gasteiger partial charge is 0.325 e. The van der Waals surface area contributed by atoms with Crippen LogP contribution in [-0.4, -0.2) is 25.8 Å². The van der Waals surface area contributed by atoms with E-state index in [0.717, 1.165) is 10.8 Å². The minimum absolute atomic E-state index is 0.331. The SMILES string of the molecule is CSc1nc2c(=S)[nH]c(=O)[nH]c2n1-c1ccccc1. The van der Waals surface area contributed by atoms with Crippen LogP contribution in [0.5, 0.6) is 0 Å². The Kier molecular flexibility index (Phi) is 3.00. The standard InChI is InChI=1S/C12H10N4OS2/c1-19-12-13-8-9(14-11(17)15-10(8)18)16(12)7-5-3-2-4-6-7/h2-6H,1H3,(H2,14,15,17,18). The molecule has 5 nitrogen and oxygen atoms in total. The Bertz CT molecular complexity index is 848. The van der Waals surface area contributed by atoms with Crippen LogP contribution in [0.15, 0.2) is 40.3 Å². The highest BCUT2D eigenvalue weighted by Gasteiger charge is 2.13. The van der Waals surface area contributed by atoms with E-state index >= 15 is 0 Å². The third kappa shape index (κ3) is 2.00. The molecule has 0 aliphatic heterocycles. The van der Waals surface area contributed by atoms with Crippen LogP contribution in [-0.2, 0) is 0 Å². The maximum atomic E-state index is 11.6. The Labute approximate surface area is 117 Å². The number of hydrogen-bond donors (Lipinski definition) is 2. The second kappa shape index (κ2) is 4.67. The third-order valence-corrected chi connectivity index (χ3v) is 3.65. The molecule has 0 aliphatic carbocycles. The molecule has 1 aromatic carbocycles. The molecular weight excluding hydrogens is 280 g/mol. The summed E-state index contributed by atoms with van der Waals surface area (Å²) in [7, 11) is 0. The van der Waals surface area contributed by atoms with Crippen molar-refractivity contribution in [3.63, 3.8) is 0 Å². The summed E-state index contributed by atoms with van der Waals surface area (Å²) < 4.78 is 2.24. The number of nitrogens with one attached hydrogen (secondary N) is 2. The number of hydrogen-bond acceptors (Lipinski definition) is 4. The zero-order valence-corrected chi connectivity index (χ0v) is 11.6. The molecule has 7 heteroatoms. The summed E-state index contributed by atoms with van der Waals surface area (Å²) in [4.78, 5) is 21.3. The van der Waals surface area contributed by atoms with E-state index in [1.165, 1.54) is 11.8 Å². The van der Waals surface area contributed by atoms with Gasteiger partial charge < -0.3 is 0 Å². The van der Waals surface area contributed by atoms with Crippen molar-refractivity contribution in [2.45, 2.75) is 5.16 Å². The highest BCUT2D eigenvalue weighted by molar-refractivity contribution is 7.98. The summed E-state index contributed by atoms with van der Waals surface area (Å²) in [6.07, 6.45) is 1.94. The Morgan fingerprint density at radius 3 is 2.68 bits per heavy atom. The van der Waals surface area contributed by atoms with Gasteiger partial charge in [-0.2, -0.15) is 0 Å². The molecule has 0 unspecified atom stereocenters. The molecule has 0 saturated carbocycles. The van der Waals surface area contributed by atoms with Gasteiger partial charge in [-0.1, -0.05) is 42.2 Å². The summed E-state index contributed by atoms with van der Waals surface area (Å²) in [5, 5.41) is 0.780. The first-order chi connectivity index (χ1) is 9.20. The van der Waals surface area contributed by atoms with Gasteiger partial charge in [-0.25, -0.2) is 9.78 Å². The maximum Gasteiger partial charge on any atom is 0.325 e. The fraction of sp³-hybridized carbons (Fsp3) is 0.0833. The van der Waals surface area contributed by atoms with E-state index in [2.05, 4.69) is 15.0 Å². The van der Waals surface area contributed by atoms with Gasteiger partial charge in [0.05, 0.1) is 0 Å². The van der Waals surface area contributed by atoms with Gasteiger partial charge >= 0.3 is 5.69 Å². The normalized spacial score (nSPS) is 11.0. The highest BCUT2D eigenvalue weighted by atomic mass is 32.2. The molecule has 3 rings (SSSR count). The molecule has 0 fully saturated rings. The van der Waals surface area contributed by atoms with E-state index < -0.39 is 0 Å². The zero-order chi connectivity index (χ0) is 13.4. The lowest BCUT2D eigenvalue weighted by molar-refractivity contribution is 0.908. The second-order valence-corrected chi connectivity index (χ2v) is 5.06. The molecule has 0 radical (unpaired) electrons. The number of para-hydroxylation sites is 1. The van der Waals surface area contributed by atoms with Gasteiger partial charge in [0.2, 0.25) is 0 Å². The fourth-order valence-corrected chi connectivity index (χ4v) is 2.73. The van der Waals surface area contributed by atoms with Crippen LogP contribution >= 0.6 is 24.0 Å². The monoisotopic (exact) mass is 290 g/mol. The minimum Gasteiger partial charge on any atom is -0.296 e. The van der Waals surface area contributed by atoms with Crippen molar-refractivity contribution in [2.24, 2.45) is 0 Å². The summed E-state index contributed by atoms with van der Waals surface area (Å²) in [5.41, 5.74) is 1.82. The summed E-state index contributed by atoms with van der Waals surface area (Å²) >= 11 is 6.65. The van der Waals surface area contributed by atoms with Crippen LogP contribution in [0.2, 0.25) is 0 Å². The number of benzene rings is 1. The number of fused-ring (bicyclic) bond motifs is 1. The maximum absolute atomic E-state index is 11.6. The molecule has 0 spiro atoms. The summed E-state index contributed by atoms with van der Waals surface area (Å²) in [6.45, 7) is 0. The molecule has 3 aromatic rings. The number of aromatic nitrogens is 4. The smallest absolute Gasteiger partial charge is 0.296 e. The van der Waals surface area contributed by atoms with E-state index in [0.29, 0.717) is 15.8 Å². The first-order valence-corrected chi connectivity index (χ1v) is 7.18. The summed E-state index contributed by atoms with van der Waals surface area (Å²) in [5.74, 6) is 0. The molecule has 2 aromatic heterocycles. The average Bonchev–Trinajstić information content (AvgIpc) is 2.78. The number of nitrogens with zero attached hydrogens (tertiary/aromatic N) is 2. The quantitative estimate of drug-likeness (QED) is 0.562. The Morgan fingerprint density at radius 2 is 2.00 bits per heavy atom. The molecule has 0 saturated heterocycles. The van der Waals surface area contributed by atoms with Crippen LogP contribution in [0, 0.1) is 4.64 Å². The van der Waals surface area contributed by atoms with Crippen LogP contribution in [0.25, 0.3) is 16.9 Å². The van der Waals surface area contributed by atoms with Crippen molar-refractivity contribution >= 4 is 35.1 Å². The van der Waals surface area contributed by atoms with Gasteiger partial charge in [-0.3, -0.25) is 14.5 Å². The van der Waals surface area contributed by atoms with Gasteiger partial charge in [0.1, 0.15) is 15.8 Å². The molecule has 0 aliphatic rings. The molecule has 2 N–H and O–H groups in total. The Hall–Kier alpha value is -1.86. The number of rotatable bonds is 2. The Balaban J connectivity index is 2.46. The lowest BCUT2D eigenvalue weighted by atomic mass is 10.3. The van der Waals surface area contributed by atoms with Crippen LogP contribution in [0.1, 0.15) is 0 Å². The molecule has 0 atom stereocenters. The van der Waals surface area contributed by atoms with Crippen LogP contribution < -0.4 is 5.69 Å². The molecule has 2 heterocycles. The molecule has 19 heavy (non-hydrogen) atoms. The van der Waals surface area contributed by atoms with E-state index in [4.69, 9.17) is 12.2 Å². The topological polar surface area (TPSA) is 66.5 Å². The molecule has 0 amide bonds. The predicted octanol–water partition coefficient (Wildman–Crippen LogP) is 2.49. The first-order valence-electron chi connectivity index (χ1n) is 5.55. The number of thioether (sulfide) groups is 1. The highest BCUT2D eigenvalue weighted by Crippen LogP contribution is 2.24. The van der Waals surface area contributed by atoms with E-state index in [9.17, 15) is 4.79 Å².